The van der Waals surface area contributed by atoms with Crippen LogP contribution in [0.4, 0.5) is 0 Å². The average Bonchev–Trinajstić information content (AvgIpc) is 2.37. The molecule has 0 aromatic heterocycles. The van der Waals surface area contributed by atoms with Crippen LogP contribution in [0.1, 0.15) is 46.5 Å². The summed E-state index contributed by atoms with van der Waals surface area (Å²) in [5.41, 5.74) is 0. The van der Waals surface area contributed by atoms with Gasteiger partial charge in [0.1, 0.15) is 12.1 Å². The quantitative estimate of drug-likeness (QED) is 0.759. The highest BCUT2D eigenvalue weighted by Gasteiger charge is 2.35. The molecule has 0 aromatic carbocycles. The number of carbonyl (C=O) groups excluding carboxylic acids is 1. The van der Waals surface area contributed by atoms with Crippen LogP contribution in [0, 0.1) is 0 Å². The Kier molecular flexibility index (Phi) is 5.59. The first-order chi connectivity index (χ1) is 8.47. The number of hydrogen-bond donors (Lipinski definition) is 1. The first kappa shape index (κ1) is 15.0. The minimum atomic E-state index is -0.849. The molecule has 1 aliphatic heterocycles. The molecule has 3 unspecified atom stereocenters. The Bertz CT molecular complexity index is 305. The largest absolute Gasteiger partial charge is 0.480 e. The van der Waals surface area contributed by atoms with E-state index < -0.39 is 18.1 Å². The van der Waals surface area contributed by atoms with Crippen LogP contribution in [0.15, 0.2) is 0 Å². The third-order valence-corrected chi connectivity index (χ3v) is 3.56. The summed E-state index contributed by atoms with van der Waals surface area (Å²) in [6.07, 6.45) is 3.09. The second kappa shape index (κ2) is 6.73. The number of likely N-dealkylation sites (tertiary alicyclic amines) is 1. The van der Waals surface area contributed by atoms with Crippen LogP contribution >= 0.6 is 0 Å². The summed E-state index contributed by atoms with van der Waals surface area (Å²) in [4.78, 5) is 24.8. The zero-order valence-electron chi connectivity index (χ0n) is 11.4. The number of nitrogens with zero attached hydrogens (tertiary/aromatic N) is 1. The van der Waals surface area contributed by atoms with Crippen molar-refractivity contribution in [3.8, 4) is 0 Å². The highest BCUT2D eigenvalue weighted by molar-refractivity contribution is 5.78. The lowest BCUT2D eigenvalue weighted by molar-refractivity contribution is -0.159. The van der Waals surface area contributed by atoms with Crippen molar-refractivity contribution in [3.63, 3.8) is 0 Å². The van der Waals surface area contributed by atoms with Crippen molar-refractivity contribution in [2.45, 2.75) is 64.6 Å². The smallest absolute Gasteiger partial charge is 0.323 e. The van der Waals surface area contributed by atoms with Crippen molar-refractivity contribution >= 4 is 11.9 Å². The molecule has 0 aromatic rings. The van der Waals surface area contributed by atoms with Crippen molar-refractivity contribution in [1.82, 2.24) is 4.90 Å². The second-order valence-electron chi connectivity index (χ2n) is 4.92. The molecule has 0 aliphatic carbocycles. The zero-order chi connectivity index (χ0) is 13.7. The fourth-order valence-corrected chi connectivity index (χ4v) is 2.20. The number of carboxylic acids is 1. The number of ether oxygens (including phenoxy) is 1. The van der Waals surface area contributed by atoms with Crippen molar-refractivity contribution < 1.29 is 19.4 Å². The van der Waals surface area contributed by atoms with Gasteiger partial charge in [0.2, 0.25) is 0 Å². The maximum atomic E-state index is 11.9. The van der Waals surface area contributed by atoms with E-state index in [1.54, 1.807) is 11.8 Å². The fraction of sp³-hybridized carbons (Fsp3) is 0.846. The number of esters is 1. The first-order valence-electron chi connectivity index (χ1n) is 6.66. The van der Waals surface area contributed by atoms with Gasteiger partial charge in [-0.05, 0) is 39.7 Å². The Morgan fingerprint density at radius 3 is 2.61 bits per heavy atom. The molecule has 3 atom stereocenters. The van der Waals surface area contributed by atoms with Crippen molar-refractivity contribution in [2.24, 2.45) is 0 Å². The Morgan fingerprint density at radius 2 is 2.06 bits per heavy atom. The first-order valence-corrected chi connectivity index (χ1v) is 6.66. The van der Waals surface area contributed by atoms with E-state index in [0.29, 0.717) is 13.0 Å². The maximum Gasteiger partial charge on any atom is 0.323 e. The van der Waals surface area contributed by atoms with E-state index in [0.717, 1.165) is 19.3 Å². The molecule has 104 valence electrons. The highest BCUT2D eigenvalue weighted by atomic mass is 16.5. The molecule has 0 radical (unpaired) electrons. The van der Waals surface area contributed by atoms with Gasteiger partial charge in [-0.2, -0.15) is 0 Å². The molecule has 1 rings (SSSR count). The van der Waals surface area contributed by atoms with Crippen molar-refractivity contribution in [1.29, 1.82) is 0 Å². The number of aliphatic carboxylic acids is 1. The number of piperidine rings is 1. The molecule has 1 heterocycles. The maximum absolute atomic E-state index is 11.9. The summed E-state index contributed by atoms with van der Waals surface area (Å²) in [5, 5.41) is 9.17. The number of hydrogen-bond acceptors (Lipinski definition) is 4. The molecule has 0 saturated carbocycles. The summed E-state index contributed by atoms with van der Waals surface area (Å²) in [7, 11) is 0. The number of rotatable bonds is 5. The minimum Gasteiger partial charge on any atom is -0.480 e. The van der Waals surface area contributed by atoms with Crippen molar-refractivity contribution in [2.75, 3.05) is 6.54 Å². The Hall–Kier alpha value is -1.10. The van der Waals surface area contributed by atoms with Gasteiger partial charge in [0.05, 0.1) is 6.10 Å². The molecule has 0 bridgehead atoms. The van der Waals surface area contributed by atoms with Gasteiger partial charge in [0.15, 0.2) is 0 Å². The topological polar surface area (TPSA) is 66.8 Å². The molecule has 5 nitrogen and oxygen atoms in total. The van der Waals surface area contributed by atoms with E-state index in [1.807, 2.05) is 13.8 Å². The Labute approximate surface area is 108 Å². The summed E-state index contributed by atoms with van der Waals surface area (Å²) in [6, 6.07) is -1.04. The molecule has 1 saturated heterocycles. The van der Waals surface area contributed by atoms with Gasteiger partial charge in [-0.1, -0.05) is 13.3 Å². The molecular formula is C13H23NO4. The van der Waals surface area contributed by atoms with Gasteiger partial charge in [-0.3, -0.25) is 14.5 Å². The molecular weight excluding hydrogens is 234 g/mol. The molecule has 5 heteroatoms. The third-order valence-electron chi connectivity index (χ3n) is 3.56. The van der Waals surface area contributed by atoms with E-state index in [-0.39, 0.29) is 12.1 Å². The number of carboxylic acid groups (broad SMARTS) is 1. The van der Waals surface area contributed by atoms with Gasteiger partial charge >= 0.3 is 11.9 Å². The Morgan fingerprint density at radius 1 is 1.39 bits per heavy atom. The van der Waals surface area contributed by atoms with Gasteiger partial charge in [-0.25, -0.2) is 0 Å². The van der Waals surface area contributed by atoms with E-state index in [2.05, 4.69) is 0 Å². The lowest BCUT2D eigenvalue weighted by Crippen LogP contribution is -2.52. The molecule has 1 N–H and O–H groups in total. The zero-order valence-corrected chi connectivity index (χ0v) is 11.4. The number of carbonyl (C=O) groups is 2. The lowest BCUT2D eigenvalue weighted by Gasteiger charge is -2.36. The van der Waals surface area contributed by atoms with Crippen LogP contribution in [0.2, 0.25) is 0 Å². The SMILES string of the molecule is CCC(C)OC(=O)C(C)N1CCCCC1C(=O)O. The molecule has 1 fully saturated rings. The van der Waals surface area contributed by atoms with Crippen LogP contribution in [0.25, 0.3) is 0 Å². The molecule has 18 heavy (non-hydrogen) atoms. The second-order valence-corrected chi connectivity index (χ2v) is 4.92. The van der Waals surface area contributed by atoms with Crippen LogP contribution in [0.5, 0.6) is 0 Å². The average molecular weight is 257 g/mol. The third kappa shape index (κ3) is 3.70. The van der Waals surface area contributed by atoms with Crippen LogP contribution in [0.3, 0.4) is 0 Å². The standard InChI is InChI=1S/C13H23NO4/c1-4-9(2)18-13(17)10(3)14-8-6-5-7-11(14)12(15)16/h9-11H,4-8H2,1-3H3,(H,15,16). The van der Waals surface area contributed by atoms with E-state index >= 15 is 0 Å². The van der Waals surface area contributed by atoms with Crippen molar-refractivity contribution in [3.05, 3.63) is 0 Å². The fourth-order valence-electron chi connectivity index (χ4n) is 2.20. The van der Waals surface area contributed by atoms with E-state index in [1.165, 1.54) is 0 Å². The minimum absolute atomic E-state index is 0.118. The van der Waals surface area contributed by atoms with Crippen LogP contribution in [-0.2, 0) is 14.3 Å². The molecule has 0 amide bonds. The molecule has 1 aliphatic rings. The van der Waals surface area contributed by atoms with Gasteiger partial charge in [0.25, 0.3) is 0 Å². The summed E-state index contributed by atoms with van der Waals surface area (Å²) < 4.78 is 5.27. The predicted molar refractivity (Wildman–Crippen MR) is 67.3 cm³/mol. The van der Waals surface area contributed by atoms with Gasteiger partial charge < -0.3 is 9.84 Å². The van der Waals surface area contributed by atoms with Gasteiger partial charge in [0, 0.05) is 0 Å². The monoisotopic (exact) mass is 257 g/mol. The highest BCUT2D eigenvalue weighted by Crippen LogP contribution is 2.20. The van der Waals surface area contributed by atoms with E-state index in [9.17, 15) is 14.7 Å². The molecule has 0 spiro atoms. The van der Waals surface area contributed by atoms with Crippen LogP contribution in [-0.4, -0.2) is 46.7 Å². The van der Waals surface area contributed by atoms with Gasteiger partial charge in [-0.15, -0.1) is 0 Å². The summed E-state index contributed by atoms with van der Waals surface area (Å²) in [6.45, 7) is 6.17. The van der Waals surface area contributed by atoms with E-state index in [4.69, 9.17) is 4.74 Å². The summed E-state index contributed by atoms with van der Waals surface area (Å²) in [5.74, 6) is -1.17. The Balaban J connectivity index is 2.65. The predicted octanol–water partition coefficient (Wildman–Crippen LogP) is 1.66. The van der Waals surface area contributed by atoms with Crippen LogP contribution < -0.4 is 0 Å². The normalized spacial score (nSPS) is 24.3. The summed E-state index contributed by atoms with van der Waals surface area (Å²) >= 11 is 0. The lowest BCUT2D eigenvalue weighted by atomic mass is 10.0.